The predicted octanol–water partition coefficient (Wildman–Crippen LogP) is -0.328. The van der Waals surface area contributed by atoms with Gasteiger partial charge in [-0.25, -0.2) is 0 Å². The third-order valence-corrected chi connectivity index (χ3v) is 3.98. The Hall–Kier alpha value is -0.0357. The Morgan fingerprint density at radius 3 is 2.20 bits per heavy atom. The molecule has 1 aromatic rings. The van der Waals surface area contributed by atoms with Crippen LogP contribution in [0.15, 0.2) is 18.3 Å². The predicted molar refractivity (Wildman–Crippen MR) is 65.4 cm³/mol. The molecule has 15 heavy (non-hydrogen) atoms. The summed E-state index contributed by atoms with van der Waals surface area (Å²) in [6, 6.07) is 4.32. The molecular formula is C12H20LiNSi. The Morgan fingerprint density at radius 1 is 1.27 bits per heavy atom. The summed E-state index contributed by atoms with van der Waals surface area (Å²) in [6.45, 7) is 15.4. The van der Waals surface area contributed by atoms with Crippen LogP contribution in [0.25, 0.3) is 0 Å². The van der Waals surface area contributed by atoms with Crippen molar-refractivity contribution in [1.82, 2.24) is 4.98 Å². The van der Waals surface area contributed by atoms with Gasteiger partial charge in [-0.1, -0.05) is 33.9 Å². The van der Waals surface area contributed by atoms with Gasteiger partial charge >= 0.3 is 18.9 Å². The van der Waals surface area contributed by atoms with E-state index in [-0.39, 0.29) is 24.3 Å². The van der Waals surface area contributed by atoms with E-state index in [1.807, 2.05) is 6.20 Å². The molecule has 0 radical (unpaired) electrons. The molecule has 0 aliphatic heterocycles. The van der Waals surface area contributed by atoms with Gasteiger partial charge in [0.25, 0.3) is 0 Å². The van der Waals surface area contributed by atoms with Crippen molar-refractivity contribution in [3.63, 3.8) is 0 Å². The average Bonchev–Trinajstić information content (AvgIpc) is 2.01. The average molecular weight is 213 g/mol. The Balaban J connectivity index is 0.00000196. The topological polar surface area (TPSA) is 12.9 Å². The van der Waals surface area contributed by atoms with Crippen LogP contribution in [0.2, 0.25) is 13.1 Å². The maximum Gasteiger partial charge on any atom is 1.00 e. The van der Waals surface area contributed by atoms with Crippen LogP contribution in [0.1, 0.15) is 26.3 Å². The standard InChI is InChI=1S/C12H20NSi.Li/c1-12(2,3)10-7-8-13-11(9-10)14(4,5)6;/h7-9H,4H2,1-3,5-6H3;/q-1;+1. The van der Waals surface area contributed by atoms with Crippen LogP contribution >= 0.6 is 0 Å². The normalized spacial score (nSPS) is 12.1. The molecule has 0 spiro atoms. The third-order valence-electron chi connectivity index (χ3n) is 2.32. The summed E-state index contributed by atoms with van der Waals surface area (Å²) in [4.78, 5) is 4.42. The Labute approximate surface area is 107 Å². The van der Waals surface area contributed by atoms with Gasteiger partial charge in [0.15, 0.2) is 0 Å². The molecule has 0 unspecified atom stereocenters. The minimum atomic E-state index is -1.50. The molecule has 0 N–H and O–H groups in total. The molecule has 0 aliphatic rings. The minimum Gasteiger partial charge on any atom is -0.337 e. The fourth-order valence-electron chi connectivity index (χ4n) is 1.27. The van der Waals surface area contributed by atoms with E-state index < -0.39 is 8.07 Å². The quantitative estimate of drug-likeness (QED) is 0.460. The molecule has 1 rings (SSSR count). The van der Waals surface area contributed by atoms with E-state index in [1.54, 1.807) is 0 Å². The molecule has 3 heteroatoms. The Morgan fingerprint density at radius 2 is 1.80 bits per heavy atom. The van der Waals surface area contributed by atoms with E-state index in [0.717, 1.165) is 0 Å². The van der Waals surface area contributed by atoms with Crippen molar-refractivity contribution < 1.29 is 18.9 Å². The van der Waals surface area contributed by atoms with Gasteiger partial charge in [0.1, 0.15) is 0 Å². The van der Waals surface area contributed by atoms with Gasteiger partial charge in [0.2, 0.25) is 0 Å². The molecule has 0 aromatic carbocycles. The van der Waals surface area contributed by atoms with Crippen LogP contribution in [-0.2, 0) is 5.41 Å². The summed E-state index contributed by atoms with van der Waals surface area (Å²) in [5.41, 5.74) is 1.56. The number of aromatic nitrogens is 1. The maximum atomic E-state index is 4.42. The zero-order valence-electron chi connectivity index (χ0n) is 10.9. The van der Waals surface area contributed by atoms with Crippen LogP contribution in [0.4, 0.5) is 0 Å². The number of rotatable bonds is 1. The minimum absolute atomic E-state index is 0. The first-order valence-electron chi connectivity index (χ1n) is 5.03. The first-order chi connectivity index (χ1) is 6.21. The zero-order chi connectivity index (χ0) is 11.0. The zero-order valence-corrected chi connectivity index (χ0v) is 11.9. The summed E-state index contributed by atoms with van der Waals surface area (Å²) in [5, 5.41) is 1.20. The molecule has 1 heterocycles. The van der Waals surface area contributed by atoms with Crippen LogP contribution in [0.5, 0.6) is 0 Å². The molecule has 0 saturated heterocycles. The van der Waals surface area contributed by atoms with Crippen molar-refractivity contribution in [2.45, 2.75) is 39.3 Å². The first-order valence-corrected chi connectivity index (χ1v) is 8.24. The number of hydrogen-bond acceptors (Lipinski definition) is 1. The van der Waals surface area contributed by atoms with Gasteiger partial charge < -0.3 is 6.55 Å². The van der Waals surface area contributed by atoms with E-state index >= 15 is 0 Å². The molecule has 0 amide bonds. The molecule has 0 aliphatic carbocycles. The second kappa shape index (κ2) is 4.86. The second-order valence-electron chi connectivity index (χ2n) is 5.56. The van der Waals surface area contributed by atoms with Crippen molar-refractivity contribution in [3.8, 4) is 0 Å². The van der Waals surface area contributed by atoms with E-state index in [4.69, 9.17) is 0 Å². The number of nitrogens with zero attached hydrogens (tertiary/aromatic N) is 1. The van der Waals surface area contributed by atoms with E-state index in [0.29, 0.717) is 0 Å². The smallest absolute Gasteiger partial charge is 0.337 e. The molecule has 78 valence electrons. The van der Waals surface area contributed by atoms with E-state index in [1.165, 1.54) is 10.9 Å². The van der Waals surface area contributed by atoms with Crippen LogP contribution < -0.4 is 24.2 Å². The maximum absolute atomic E-state index is 4.42. The van der Waals surface area contributed by atoms with Crippen molar-refractivity contribution in [3.05, 3.63) is 30.4 Å². The second-order valence-corrected chi connectivity index (χ2v) is 9.84. The summed E-state index contributed by atoms with van der Waals surface area (Å²) in [5.74, 6) is 0. The molecular weight excluding hydrogens is 193 g/mol. The molecule has 0 atom stereocenters. The van der Waals surface area contributed by atoms with E-state index in [9.17, 15) is 0 Å². The SMILES string of the molecule is [CH2-][Si](C)(C)c1cc(C(C)(C)C)ccn1.[Li+]. The van der Waals surface area contributed by atoms with Gasteiger partial charge in [0.05, 0.1) is 0 Å². The third kappa shape index (κ3) is 4.14. The first kappa shape index (κ1) is 15.0. The molecule has 0 saturated carbocycles. The summed E-state index contributed by atoms with van der Waals surface area (Å²) < 4.78 is 0. The summed E-state index contributed by atoms with van der Waals surface area (Å²) >= 11 is 0. The van der Waals surface area contributed by atoms with Gasteiger partial charge in [-0.05, 0) is 36.5 Å². The number of pyridine rings is 1. The van der Waals surface area contributed by atoms with Crippen LogP contribution in [0.3, 0.4) is 0 Å². The summed E-state index contributed by atoms with van der Waals surface area (Å²) in [6.07, 6.45) is 1.91. The molecule has 0 fully saturated rings. The molecule has 1 aromatic heterocycles. The van der Waals surface area contributed by atoms with Gasteiger partial charge in [-0.2, -0.15) is 0 Å². The van der Waals surface area contributed by atoms with Gasteiger partial charge in [-0.15, -0.1) is 0 Å². The monoisotopic (exact) mass is 213 g/mol. The fourth-order valence-corrected chi connectivity index (χ4v) is 2.24. The van der Waals surface area contributed by atoms with Crippen molar-refractivity contribution in [1.29, 1.82) is 0 Å². The largest absolute Gasteiger partial charge is 1.00 e. The van der Waals surface area contributed by atoms with Crippen molar-refractivity contribution in [2.24, 2.45) is 0 Å². The molecule has 0 bridgehead atoms. The summed E-state index contributed by atoms with van der Waals surface area (Å²) in [7, 11) is -1.50. The Bertz CT molecular complexity index is 294. The van der Waals surface area contributed by atoms with Crippen molar-refractivity contribution in [2.75, 3.05) is 0 Å². The fraction of sp³-hybridized carbons (Fsp3) is 0.500. The Kier molecular flexibility index (Phi) is 4.85. The van der Waals surface area contributed by atoms with Crippen molar-refractivity contribution >= 4 is 13.4 Å². The van der Waals surface area contributed by atoms with Crippen LogP contribution in [-0.4, -0.2) is 13.1 Å². The van der Waals surface area contributed by atoms with Gasteiger partial charge in [-0.3, -0.25) is 4.98 Å². The van der Waals surface area contributed by atoms with Crippen LogP contribution in [0, 0.1) is 6.55 Å². The molecule has 1 nitrogen and oxygen atoms in total. The van der Waals surface area contributed by atoms with Gasteiger partial charge in [0, 0.05) is 6.20 Å². The number of hydrogen-bond donors (Lipinski definition) is 0. The van der Waals surface area contributed by atoms with E-state index in [2.05, 4.69) is 57.5 Å².